The second kappa shape index (κ2) is 7.81. The lowest BCUT2D eigenvalue weighted by molar-refractivity contribution is -0.118. The predicted molar refractivity (Wildman–Crippen MR) is 84.8 cm³/mol. The van der Waals surface area contributed by atoms with Gasteiger partial charge in [-0.2, -0.15) is 0 Å². The van der Waals surface area contributed by atoms with Crippen molar-refractivity contribution < 1.29 is 4.79 Å². The number of unbranched alkanes of at least 4 members (excludes halogenated alkanes) is 3. The number of carbonyl (C=O) groups is 1. The molecule has 2 rings (SSSR count). The van der Waals surface area contributed by atoms with Gasteiger partial charge in [-0.15, -0.1) is 0 Å². The summed E-state index contributed by atoms with van der Waals surface area (Å²) >= 11 is 0. The molecule has 0 saturated heterocycles. The highest BCUT2D eigenvalue weighted by Gasteiger charge is 2.06. The lowest BCUT2D eigenvalue weighted by Crippen LogP contribution is -2.03. The molecule has 2 aromatic rings. The van der Waals surface area contributed by atoms with E-state index in [1.807, 2.05) is 18.2 Å². The fourth-order valence-corrected chi connectivity index (χ4v) is 2.57. The van der Waals surface area contributed by atoms with Crippen molar-refractivity contribution >= 4 is 16.6 Å². The van der Waals surface area contributed by atoms with Gasteiger partial charge in [0.2, 0.25) is 0 Å². The Morgan fingerprint density at radius 2 is 1.65 bits per heavy atom. The van der Waals surface area contributed by atoms with E-state index in [0.29, 0.717) is 18.6 Å². The summed E-state index contributed by atoms with van der Waals surface area (Å²) in [5, 5.41) is 2.41. The van der Waals surface area contributed by atoms with Crippen molar-refractivity contribution in [3.63, 3.8) is 0 Å². The zero-order valence-electron chi connectivity index (χ0n) is 12.0. The summed E-state index contributed by atoms with van der Waals surface area (Å²) in [6, 6.07) is 14.4. The van der Waals surface area contributed by atoms with Crippen LogP contribution in [-0.2, 0) is 11.2 Å². The maximum absolute atomic E-state index is 12.1. The molecule has 0 aliphatic heterocycles. The molecule has 106 valence electrons. The lowest BCUT2D eigenvalue weighted by Gasteiger charge is -2.06. The normalized spacial score (nSPS) is 10.8. The number of nitrogens with two attached hydrogens (primary N) is 1. The second-order valence-electron chi connectivity index (χ2n) is 5.31. The number of carbonyl (C=O) groups excluding carboxylic acids is 1. The molecule has 0 bridgehead atoms. The Balaban J connectivity index is 1.90. The second-order valence-corrected chi connectivity index (χ2v) is 5.31. The molecule has 2 aromatic carbocycles. The fourth-order valence-electron chi connectivity index (χ4n) is 2.57. The van der Waals surface area contributed by atoms with Crippen LogP contribution in [0.25, 0.3) is 10.8 Å². The molecule has 0 aliphatic rings. The first-order valence-electron chi connectivity index (χ1n) is 7.49. The molecule has 0 aliphatic carbocycles. The summed E-state index contributed by atoms with van der Waals surface area (Å²) in [6.45, 7) is 0.754. The molecule has 2 N–H and O–H groups in total. The zero-order chi connectivity index (χ0) is 14.2. The summed E-state index contributed by atoms with van der Waals surface area (Å²) in [5.74, 6) is 0.342. The first-order chi connectivity index (χ1) is 9.81. The Morgan fingerprint density at radius 1 is 0.900 bits per heavy atom. The Hall–Kier alpha value is -1.67. The van der Waals surface area contributed by atoms with Crippen LogP contribution >= 0.6 is 0 Å². The predicted octanol–water partition coefficient (Wildman–Crippen LogP) is 3.86. The lowest BCUT2D eigenvalue weighted by atomic mass is 9.98. The van der Waals surface area contributed by atoms with Crippen molar-refractivity contribution in [2.24, 2.45) is 5.73 Å². The maximum atomic E-state index is 12.1. The first kappa shape index (κ1) is 14.7. The van der Waals surface area contributed by atoms with Crippen LogP contribution in [0.2, 0.25) is 0 Å². The van der Waals surface area contributed by atoms with E-state index in [9.17, 15) is 4.79 Å². The summed E-state index contributed by atoms with van der Waals surface area (Å²) in [5.41, 5.74) is 6.61. The van der Waals surface area contributed by atoms with Crippen molar-refractivity contribution in [2.45, 2.75) is 38.5 Å². The number of rotatable bonds is 8. The summed E-state index contributed by atoms with van der Waals surface area (Å²) in [7, 11) is 0. The van der Waals surface area contributed by atoms with Crippen LogP contribution in [0.1, 0.15) is 37.7 Å². The minimum absolute atomic E-state index is 0.342. The Bertz CT molecular complexity index is 557. The van der Waals surface area contributed by atoms with E-state index >= 15 is 0 Å². The van der Waals surface area contributed by atoms with Gasteiger partial charge in [0.1, 0.15) is 5.78 Å². The fraction of sp³-hybridized carbons (Fsp3) is 0.389. The molecule has 20 heavy (non-hydrogen) atoms. The third-order valence-electron chi connectivity index (χ3n) is 3.68. The average Bonchev–Trinajstić information content (AvgIpc) is 2.47. The highest BCUT2D eigenvalue weighted by atomic mass is 16.1. The molecule has 0 radical (unpaired) electrons. The van der Waals surface area contributed by atoms with Crippen LogP contribution in [0.15, 0.2) is 42.5 Å². The topological polar surface area (TPSA) is 43.1 Å². The standard InChI is InChI=1S/C18H23NO/c19-13-6-2-1-3-11-17(20)14-16-10-7-9-15-8-4-5-12-18(15)16/h4-5,7-10,12H,1-3,6,11,13-14,19H2. The molecule has 0 amide bonds. The van der Waals surface area contributed by atoms with Gasteiger partial charge in [0.15, 0.2) is 0 Å². The molecule has 0 spiro atoms. The number of ketones is 1. The van der Waals surface area contributed by atoms with Crippen molar-refractivity contribution in [3.05, 3.63) is 48.0 Å². The molecular formula is C18H23NO. The van der Waals surface area contributed by atoms with Crippen LogP contribution < -0.4 is 5.73 Å². The van der Waals surface area contributed by atoms with E-state index in [1.54, 1.807) is 0 Å². The number of Topliss-reactive ketones (excluding diaryl/α,β-unsaturated/α-hetero) is 1. The van der Waals surface area contributed by atoms with Crippen molar-refractivity contribution in [1.82, 2.24) is 0 Å². The highest BCUT2D eigenvalue weighted by Crippen LogP contribution is 2.19. The molecule has 2 heteroatoms. The Kier molecular flexibility index (Phi) is 5.75. The van der Waals surface area contributed by atoms with Crippen LogP contribution in [0.4, 0.5) is 0 Å². The van der Waals surface area contributed by atoms with E-state index in [0.717, 1.165) is 37.8 Å². The molecule has 0 aromatic heterocycles. The SMILES string of the molecule is NCCCCCCC(=O)Cc1cccc2ccccc12. The Morgan fingerprint density at radius 3 is 2.50 bits per heavy atom. The van der Waals surface area contributed by atoms with Gasteiger partial charge in [0.25, 0.3) is 0 Å². The van der Waals surface area contributed by atoms with Gasteiger partial charge in [0.05, 0.1) is 0 Å². The minimum atomic E-state index is 0.342. The number of fused-ring (bicyclic) bond motifs is 1. The summed E-state index contributed by atoms with van der Waals surface area (Å²) in [6.07, 6.45) is 5.55. The Labute approximate surface area is 121 Å². The largest absolute Gasteiger partial charge is 0.330 e. The molecule has 0 saturated carbocycles. The van der Waals surface area contributed by atoms with E-state index in [-0.39, 0.29) is 0 Å². The smallest absolute Gasteiger partial charge is 0.137 e. The van der Waals surface area contributed by atoms with Crippen molar-refractivity contribution in [2.75, 3.05) is 6.54 Å². The van der Waals surface area contributed by atoms with E-state index in [1.165, 1.54) is 10.8 Å². The molecule has 0 atom stereocenters. The van der Waals surface area contributed by atoms with Gasteiger partial charge < -0.3 is 5.73 Å². The highest BCUT2D eigenvalue weighted by molar-refractivity contribution is 5.90. The molecule has 2 nitrogen and oxygen atoms in total. The summed E-state index contributed by atoms with van der Waals surface area (Å²) < 4.78 is 0. The van der Waals surface area contributed by atoms with E-state index in [4.69, 9.17) is 5.73 Å². The van der Waals surface area contributed by atoms with Gasteiger partial charge in [-0.25, -0.2) is 0 Å². The zero-order valence-corrected chi connectivity index (χ0v) is 12.0. The maximum Gasteiger partial charge on any atom is 0.137 e. The molecule has 0 unspecified atom stereocenters. The van der Waals surface area contributed by atoms with Crippen molar-refractivity contribution in [1.29, 1.82) is 0 Å². The molecule has 0 fully saturated rings. The monoisotopic (exact) mass is 269 g/mol. The van der Waals surface area contributed by atoms with Crippen LogP contribution in [0.5, 0.6) is 0 Å². The molecular weight excluding hydrogens is 246 g/mol. The van der Waals surface area contributed by atoms with Gasteiger partial charge in [-0.05, 0) is 35.7 Å². The van der Waals surface area contributed by atoms with E-state index in [2.05, 4.69) is 24.3 Å². The van der Waals surface area contributed by atoms with E-state index < -0.39 is 0 Å². The third kappa shape index (κ3) is 4.17. The minimum Gasteiger partial charge on any atom is -0.330 e. The van der Waals surface area contributed by atoms with Gasteiger partial charge in [0, 0.05) is 12.8 Å². The number of benzene rings is 2. The van der Waals surface area contributed by atoms with Crippen LogP contribution in [-0.4, -0.2) is 12.3 Å². The quantitative estimate of drug-likeness (QED) is 0.739. The number of hydrogen-bond donors (Lipinski definition) is 1. The van der Waals surface area contributed by atoms with Crippen LogP contribution in [0.3, 0.4) is 0 Å². The van der Waals surface area contributed by atoms with Gasteiger partial charge in [-0.3, -0.25) is 4.79 Å². The third-order valence-corrected chi connectivity index (χ3v) is 3.68. The summed E-state index contributed by atoms with van der Waals surface area (Å²) in [4.78, 5) is 12.1. The average molecular weight is 269 g/mol. The first-order valence-corrected chi connectivity index (χ1v) is 7.49. The van der Waals surface area contributed by atoms with Crippen LogP contribution in [0, 0.1) is 0 Å². The van der Waals surface area contributed by atoms with Gasteiger partial charge >= 0.3 is 0 Å². The van der Waals surface area contributed by atoms with Crippen molar-refractivity contribution in [3.8, 4) is 0 Å². The number of hydrogen-bond acceptors (Lipinski definition) is 2. The van der Waals surface area contributed by atoms with Gasteiger partial charge in [-0.1, -0.05) is 55.3 Å². The molecule has 0 heterocycles.